The molecule has 2 N–H and O–H groups in total. The van der Waals surface area contributed by atoms with E-state index >= 15 is 0 Å². The molecule has 3 heterocycles. The van der Waals surface area contributed by atoms with Gasteiger partial charge in [-0.05, 0) is 24.3 Å². The largest absolute Gasteiger partial charge is 0.460 e. The number of hydrogen-bond acceptors (Lipinski definition) is 6. The molecule has 1 saturated heterocycles. The number of nitrogens with one attached hydrogen (secondary N) is 2. The van der Waals surface area contributed by atoms with Crippen molar-refractivity contribution in [2.45, 2.75) is 5.37 Å². The second-order valence-electron chi connectivity index (χ2n) is 6.78. The van der Waals surface area contributed by atoms with Crippen LogP contribution in [0.2, 0.25) is 0 Å². The molecule has 1 atom stereocenters. The molecule has 6 nitrogen and oxygen atoms in total. The number of Topliss-reactive ketones (excluding diaryl/α,β-unsaturated/α-hetero) is 1. The van der Waals surface area contributed by atoms with Gasteiger partial charge in [0.05, 0.1) is 16.6 Å². The van der Waals surface area contributed by atoms with E-state index in [1.807, 2.05) is 24.3 Å². The van der Waals surface area contributed by atoms with Gasteiger partial charge in [-0.3, -0.25) is 14.9 Å². The molecule has 5 rings (SSSR count). The van der Waals surface area contributed by atoms with Gasteiger partial charge in [0.15, 0.2) is 11.5 Å². The first-order valence-electron chi connectivity index (χ1n) is 9.27. The van der Waals surface area contributed by atoms with Gasteiger partial charge in [-0.1, -0.05) is 30.3 Å². The highest BCUT2D eigenvalue weighted by molar-refractivity contribution is 8.00. The van der Waals surface area contributed by atoms with Crippen LogP contribution in [-0.4, -0.2) is 39.2 Å². The second kappa shape index (κ2) is 7.35. The van der Waals surface area contributed by atoms with Crippen LogP contribution >= 0.6 is 11.8 Å². The SMILES string of the molecule is O=C(c1ccccc1)c1ccc2nc(-c3coc(C(=O)C4NCCS4)c3)[nH]c2c1. The predicted octanol–water partition coefficient (Wildman–Crippen LogP) is 3.90. The van der Waals surface area contributed by atoms with Crippen LogP contribution in [0.15, 0.2) is 65.3 Å². The molecule has 4 aromatic rings. The smallest absolute Gasteiger partial charge is 0.225 e. The summed E-state index contributed by atoms with van der Waals surface area (Å²) in [7, 11) is 0. The monoisotopic (exact) mass is 403 g/mol. The zero-order valence-corrected chi connectivity index (χ0v) is 16.2. The molecule has 1 aliphatic rings. The fraction of sp³-hybridized carbons (Fsp3) is 0.136. The summed E-state index contributed by atoms with van der Waals surface area (Å²) in [5.74, 6) is 1.72. The zero-order valence-electron chi connectivity index (χ0n) is 15.3. The summed E-state index contributed by atoms with van der Waals surface area (Å²) in [5, 5.41) is 2.90. The molecule has 7 heteroatoms. The van der Waals surface area contributed by atoms with Crippen LogP contribution in [-0.2, 0) is 0 Å². The van der Waals surface area contributed by atoms with E-state index in [1.165, 1.54) is 6.26 Å². The van der Waals surface area contributed by atoms with Gasteiger partial charge in [0.2, 0.25) is 5.78 Å². The highest BCUT2D eigenvalue weighted by Crippen LogP contribution is 2.26. The average molecular weight is 403 g/mol. The van der Waals surface area contributed by atoms with Crippen molar-refractivity contribution in [3.63, 3.8) is 0 Å². The van der Waals surface area contributed by atoms with Crippen LogP contribution in [0.25, 0.3) is 22.4 Å². The lowest BCUT2D eigenvalue weighted by Crippen LogP contribution is -2.28. The Labute approximate surface area is 170 Å². The van der Waals surface area contributed by atoms with Crippen LogP contribution < -0.4 is 5.32 Å². The summed E-state index contributed by atoms with van der Waals surface area (Å²) >= 11 is 1.58. The third-order valence-corrected chi connectivity index (χ3v) is 6.00. The number of rotatable bonds is 5. The Bertz CT molecular complexity index is 1210. The van der Waals surface area contributed by atoms with Crippen molar-refractivity contribution in [3.8, 4) is 11.4 Å². The maximum Gasteiger partial charge on any atom is 0.225 e. The highest BCUT2D eigenvalue weighted by atomic mass is 32.2. The number of benzene rings is 2. The number of carbonyl (C=O) groups excluding carboxylic acids is 2. The van der Waals surface area contributed by atoms with Gasteiger partial charge in [-0.25, -0.2) is 4.98 Å². The lowest BCUT2D eigenvalue weighted by Gasteiger charge is -2.04. The summed E-state index contributed by atoms with van der Waals surface area (Å²) in [5.41, 5.74) is 3.42. The number of furan rings is 1. The third-order valence-electron chi connectivity index (χ3n) is 4.85. The Morgan fingerprint density at radius 3 is 2.72 bits per heavy atom. The Morgan fingerprint density at radius 1 is 1.07 bits per heavy atom. The van der Waals surface area contributed by atoms with E-state index in [0.29, 0.717) is 28.3 Å². The summed E-state index contributed by atoms with van der Waals surface area (Å²) in [6.07, 6.45) is 1.53. The molecular weight excluding hydrogens is 386 g/mol. The lowest BCUT2D eigenvalue weighted by atomic mass is 10.0. The van der Waals surface area contributed by atoms with Gasteiger partial charge in [0.1, 0.15) is 17.5 Å². The molecule has 0 aliphatic carbocycles. The van der Waals surface area contributed by atoms with Gasteiger partial charge in [-0.2, -0.15) is 0 Å². The first-order valence-corrected chi connectivity index (χ1v) is 10.3. The predicted molar refractivity (Wildman–Crippen MR) is 112 cm³/mol. The molecule has 0 bridgehead atoms. The maximum atomic E-state index is 12.7. The molecule has 2 aromatic carbocycles. The molecule has 2 aromatic heterocycles. The van der Waals surface area contributed by atoms with Crippen LogP contribution in [0.5, 0.6) is 0 Å². The standard InChI is InChI=1S/C22H17N3O3S/c26-19(13-4-2-1-3-5-13)14-6-7-16-17(10-14)25-21(24-16)15-11-18(28-12-15)20(27)22-23-8-9-29-22/h1-7,10-12,22-23H,8-9H2,(H,24,25). The minimum atomic E-state index is -0.253. The van der Waals surface area contributed by atoms with Crippen LogP contribution in [0.1, 0.15) is 26.5 Å². The number of carbonyl (C=O) groups is 2. The van der Waals surface area contributed by atoms with Crippen molar-refractivity contribution < 1.29 is 14.0 Å². The Hall–Kier alpha value is -3.16. The Morgan fingerprint density at radius 2 is 1.93 bits per heavy atom. The van der Waals surface area contributed by atoms with Crippen LogP contribution in [0, 0.1) is 0 Å². The van der Waals surface area contributed by atoms with Gasteiger partial charge in [0.25, 0.3) is 0 Å². The number of imidazole rings is 1. The summed E-state index contributed by atoms with van der Waals surface area (Å²) < 4.78 is 5.49. The van der Waals surface area contributed by atoms with Crippen molar-refractivity contribution in [1.82, 2.24) is 15.3 Å². The van der Waals surface area contributed by atoms with Crippen molar-refractivity contribution in [3.05, 3.63) is 77.7 Å². The summed E-state index contributed by atoms with van der Waals surface area (Å²) in [6.45, 7) is 0.822. The number of nitrogens with zero attached hydrogens (tertiary/aromatic N) is 1. The normalized spacial score (nSPS) is 16.3. The first kappa shape index (κ1) is 17.9. The molecule has 1 unspecified atom stereocenters. The van der Waals surface area contributed by atoms with Gasteiger partial charge in [0, 0.05) is 23.4 Å². The second-order valence-corrected chi connectivity index (χ2v) is 7.99. The van der Waals surface area contributed by atoms with Crippen molar-refractivity contribution in [2.24, 2.45) is 0 Å². The van der Waals surface area contributed by atoms with E-state index in [9.17, 15) is 9.59 Å². The van der Waals surface area contributed by atoms with Crippen molar-refractivity contribution in [1.29, 1.82) is 0 Å². The van der Waals surface area contributed by atoms with Gasteiger partial charge < -0.3 is 9.40 Å². The Kier molecular flexibility index (Phi) is 4.54. The fourth-order valence-electron chi connectivity index (χ4n) is 3.36. The minimum Gasteiger partial charge on any atom is -0.460 e. The molecule has 29 heavy (non-hydrogen) atoms. The number of hydrogen-bond donors (Lipinski definition) is 2. The van der Waals surface area contributed by atoms with E-state index in [-0.39, 0.29) is 16.9 Å². The van der Waals surface area contributed by atoms with E-state index in [4.69, 9.17) is 4.42 Å². The first-order chi connectivity index (χ1) is 14.2. The average Bonchev–Trinajstić information content (AvgIpc) is 3.53. The third kappa shape index (κ3) is 3.39. The fourth-order valence-corrected chi connectivity index (χ4v) is 4.33. The Balaban J connectivity index is 1.43. The van der Waals surface area contributed by atoms with Crippen LogP contribution in [0.3, 0.4) is 0 Å². The quantitative estimate of drug-likeness (QED) is 0.492. The van der Waals surface area contributed by atoms with Crippen molar-refractivity contribution >= 4 is 34.4 Å². The van der Waals surface area contributed by atoms with E-state index < -0.39 is 0 Å². The zero-order chi connectivity index (χ0) is 19.8. The molecule has 0 radical (unpaired) electrons. The number of H-pyrrole nitrogens is 1. The number of aromatic nitrogens is 2. The molecule has 0 amide bonds. The number of thioether (sulfide) groups is 1. The summed E-state index contributed by atoms with van der Waals surface area (Å²) in [6, 6.07) is 16.3. The minimum absolute atomic E-state index is 0.0404. The molecule has 0 saturated carbocycles. The van der Waals surface area contributed by atoms with Crippen LogP contribution in [0.4, 0.5) is 0 Å². The lowest BCUT2D eigenvalue weighted by molar-refractivity contribution is 0.0954. The summed E-state index contributed by atoms with van der Waals surface area (Å²) in [4.78, 5) is 32.9. The highest BCUT2D eigenvalue weighted by Gasteiger charge is 2.26. The number of fused-ring (bicyclic) bond motifs is 1. The maximum absolute atomic E-state index is 12.7. The number of ketones is 2. The molecule has 1 aliphatic heterocycles. The molecule has 144 valence electrons. The molecule has 1 fully saturated rings. The van der Waals surface area contributed by atoms with E-state index in [2.05, 4.69) is 15.3 Å². The van der Waals surface area contributed by atoms with E-state index in [0.717, 1.165) is 23.3 Å². The molecule has 0 spiro atoms. The van der Waals surface area contributed by atoms with Gasteiger partial charge in [-0.15, -0.1) is 11.8 Å². The topological polar surface area (TPSA) is 88.0 Å². The molecular formula is C22H17N3O3S. The van der Waals surface area contributed by atoms with Crippen molar-refractivity contribution in [2.75, 3.05) is 12.3 Å². The van der Waals surface area contributed by atoms with Gasteiger partial charge >= 0.3 is 0 Å². The van der Waals surface area contributed by atoms with E-state index in [1.54, 1.807) is 42.1 Å². The number of aromatic amines is 1.